The number of nitrogens with zero attached hydrogens (tertiary/aromatic N) is 2. The summed E-state index contributed by atoms with van der Waals surface area (Å²) in [5.41, 5.74) is 5.83. The molecule has 0 saturated heterocycles. The Morgan fingerprint density at radius 1 is 1.11 bits per heavy atom. The van der Waals surface area contributed by atoms with Crippen LogP contribution in [0.1, 0.15) is 16.7 Å². The van der Waals surface area contributed by atoms with Crippen LogP contribution in [0.4, 0.5) is 5.69 Å². The third-order valence-corrected chi connectivity index (χ3v) is 5.22. The van der Waals surface area contributed by atoms with E-state index in [0.717, 1.165) is 33.5 Å². The van der Waals surface area contributed by atoms with Crippen LogP contribution in [0.25, 0.3) is 22.6 Å². The molecule has 1 N–H and O–H groups in total. The Kier molecular flexibility index (Phi) is 4.96. The van der Waals surface area contributed by atoms with Gasteiger partial charge in [0.15, 0.2) is 5.58 Å². The number of aromatic nitrogens is 1. The van der Waals surface area contributed by atoms with Crippen molar-refractivity contribution >= 4 is 50.5 Å². The number of benzene rings is 3. The molecule has 0 aliphatic heterocycles. The molecule has 0 unspecified atom stereocenters. The first-order valence-corrected chi connectivity index (χ1v) is 9.78. The number of rotatable bonds is 3. The van der Waals surface area contributed by atoms with Gasteiger partial charge in [-0.2, -0.15) is 0 Å². The molecule has 0 radical (unpaired) electrons. The van der Waals surface area contributed by atoms with E-state index >= 15 is 0 Å². The van der Waals surface area contributed by atoms with Crippen LogP contribution in [0, 0.1) is 13.8 Å². The summed E-state index contributed by atoms with van der Waals surface area (Å²) in [6, 6.07) is 15.1. The summed E-state index contributed by atoms with van der Waals surface area (Å²) in [6.07, 6.45) is 1.59. The second-order valence-corrected chi connectivity index (χ2v) is 7.87. The van der Waals surface area contributed by atoms with Crippen LogP contribution in [0.5, 0.6) is 5.75 Å². The predicted octanol–water partition coefficient (Wildman–Crippen LogP) is 6.98. The van der Waals surface area contributed by atoms with Gasteiger partial charge in [-0.15, -0.1) is 0 Å². The molecule has 0 aliphatic rings. The molecule has 0 spiro atoms. The molecule has 0 atom stereocenters. The van der Waals surface area contributed by atoms with Gasteiger partial charge in [0.05, 0.1) is 10.2 Å². The van der Waals surface area contributed by atoms with E-state index in [0.29, 0.717) is 20.9 Å². The van der Waals surface area contributed by atoms with E-state index in [2.05, 4.69) is 25.9 Å². The first-order valence-electron chi connectivity index (χ1n) is 8.61. The van der Waals surface area contributed by atoms with Gasteiger partial charge in [0.1, 0.15) is 11.3 Å². The zero-order valence-electron chi connectivity index (χ0n) is 15.2. The zero-order valence-corrected chi connectivity index (χ0v) is 17.5. The van der Waals surface area contributed by atoms with Crippen LogP contribution in [0.3, 0.4) is 0 Å². The highest BCUT2D eigenvalue weighted by atomic mass is 79.9. The zero-order chi connectivity index (χ0) is 19.8. The molecule has 0 amide bonds. The van der Waals surface area contributed by atoms with E-state index in [-0.39, 0.29) is 5.75 Å². The van der Waals surface area contributed by atoms with Crippen molar-refractivity contribution in [2.45, 2.75) is 13.8 Å². The van der Waals surface area contributed by atoms with Crippen molar-refractivity contribution in [2.75, 3.05) is 0 Å². The summed E-state index contributed by atoms with van der Waals surface area (Å²) in [7, 11) is 0. The van der Waals surface area contributed by atoms with E-state index in [1.807, 2.05) is 50.2 Å². The molecule has 0 saturated carbocycles. The molecular weight excluding hydrogens is 440 g/mol. The van der Waals surface area contributed by atoms with Crippen molar-refractivity contribution in [2.24, 2.45) is 4.99 Å². The highest BCUT2D eigenvalue weighted by Gasteiger charge is 2.11. The standard InChI is InChI=1S/C22H16BrClN2O2/c1-12-3-6-20-19(7-12)26-22(28-20)14-5-4-13(2)18(9-14)25-11-15-8-16(24)10-17(23)21(15)27/h3-11,27H,1-2H3. The lowest BCUT2D eigenvalue weighted by Gasteiger charge is -2.05. The van der Waals surface area contributed by atoms with E-state index in [1.54, 1.807) is 18.3 Å². The second-order valence-electron chi connectivity index (χ2n) is 6.58. The first kappa shape index (κ1) is 18.7. The molecule has 0 aliphatic carbocycles. The number of fused-ring (bicyclic) bond motifs is 1. The average molecular weight is 456 g/mol. The average Bonchev–Trinajstić information content (AvgIpc) is 3.07. The Morgan fingerprint density at radius 2 is 1.93 bits per heavy atom. The molecule has 3 aromatic carbocycles. The fourth-order valence-corrected chi connectivity index (χ4v) is 3.70. The number of halogens is 2. The number of phenols is 1. The van der Waals surface area contributed by atoms with Crippen molar-refractivity contribution in [3.8, 4) is 17.2 Å². The topological polar surface area (TPSA) is 58.6 Å². The maximum absolute atomic E-state index is 10.2. The lowest BCUT2D eigenvalue weighted by atomic mass is 10.1. The lowest BCUT2D eigenvalue weighted by molar-refractivity contribution is 0.471. The van der Waals surface area contributed by atoms with Gasteiger partial charge in [-0.25, -0.2) is 4.98 Å². The molecule has 0 fully saturated rings. The summed E-state index contributed by atoms with van der Waals surface area (Å²) >= 11 is 9.35. The molecule has 4 aromatic rings. The molecule has 1 aromatic heterocycles. The first-order chi connectivity index (χ1) is 13.4. The van der Waals surface area contributed by atoms with Crippen LogP contribution in [-0.2, 0) is 0 Å². The molecule has 4 nitrogen and oxygen atoms in total. The summed E-state index contributed by atoms with van der Waals surface area (Å²) < 4.78 is 6.41. The molecular formula is C22H16BrClN2O2. The molecule has 140 valence electrons. The highest BCUT2D eigenvalue weighted by Crippen LogP contribution is 2.32. The van der Waals surface area contributed by atoms with Crippen LogP contribution >= 0.6 is 27.5 Å². The normalized spacial score (nSPS) is 11.6. The van der Waals surface area contributed by atoms with Crippen molar-refractivity contribution < 1.29 is 9.52 Å². The summed E-state index contributed by atoms with van der Waals surface area (Å²) in [5, 5.41) is 10.7. The van der Waals surface area contributed by atoms with Crippen LogP contribution in [0.15, 0.2) is 62.4 Å². The van der Waals surface area contributed by atoms with Gasteiger partial charge in [0, 0.05) is 22.4 Å². The number of phenolic OH excluding ortho intramolecular Hbond substituents is 1. The Balaban J connectivity index is 1.73. The molecule has 28 heavy (non-hydrogen) atoms. The van der Waals surface area contributed by atoms with Gasteiger partial charge >= 0.3 is 0 Å². The highest BCUT2D eigenvalue weighted by molar-refractivity contribution is 9.10. The third-order valence-electron chi connectivity index (χ3n) is 4.40. The van der Waals surface area contributed by atoms with Gasteiger partial charge < -0.3 is 9.52 Å². The van der Waals surface area contributed by atoms with Crippen molar-refractivity contribution in [1.29, 1.82) is 0 Å². The monoisotopic (exact) mass is 454 g/mol. The summed E-state index contributed by atoms with van der Waals surface area (Å²) in [4.78, 5) is 9.13. The fraction of sp³-hybridized carbons (Fsp3) is 0.0909. The van der Waals surface area contributed by atoms with Crippen molar-refractivity contribution in [3.63, 3.8) is 0 Å². The number of hydrogen-bond donors (Lipinski definition) is 1. The minimum Gasteiger partial charge on any atom is -0.506 e. The molecule has 1 heterocycles. The number of hydrogen-bond acceptors (Lipinski definition) is 4. The Bertz CT molecular complexity index is 1230. The van der Waals surface area contributed by atoms with Crippen LogP contribution in [0.2, 0.25) is 5.02 Å². The van der Waals surface area contributed by atoms with E-state index in [1.165, 1.54) is 0 Å². The SMILES string of the molecule is Cc1ccc2oc(-c3ccc(C)c(N=Cc4cc(Cl)cc(Br)c4O)c3)nc2c1. The largest absolute Gasteiger partial charge is 0.506 e. The van der Waals surface area contributed by atoms with Crippen LogP contribution in [-0.4, -0.2) is 16.3 Å². The smallest absolute Gasteiger partial charge is 0.227 e. The van der Waals surface area contributed by atoms with Crippen molar-refractivity contribution in [1.82, 2.24) is 4.98 Å². The molecule has 6 heteroatoms. The lowest BCUT2D eigenvalue weighted by Crippen LogP contribution is -1.86. The second kappa shape index (κ2) is 7.41. The van der Waals surface area contributed by atoms with Gasteiger partial charge in [0.25, 0.3) is 0 Å². The van der Waals surface area contributed by atoms with E-state index in [4.69, 9.17) is 16.0 Å². The van der Waals surface area contributed by atoms with Crippen molar-refractivity contribution in [3.05, 3.63) is 74.7 Å². The Morgan fingerprint density at radius 3 is 2.75 bits per heavy atom. The van der Waals surface area contributed by atoms with Crippen LogP contribution < -0.4 is 0 Å². The van der Waals surface area contributed by atoms with E-state index < -0.39 is 0 Å². The number of oxazole rings is 1. The molecule has 4 rings (SSSR count). The van der Waals surface area contributed by atoms with Gasteiger partial charge in [-0.05, 0) is 77.3 Å². The predicted molar refractivity (Wildman–Crippen MR) is 117 cm³/mol. The minimum absolute atomic E-state index is 0.0938. The third kappa shape index (κ3) is 3.68. The number of aromatic hydroxyl groups is 1. The Hall–Kier alpha value is -2.63. The quantitative estimate of drug-likeness (QED) is 0.339. The summed E-state index contributed by atoms with van der Waals surface area (Å²) in [5.74, 6) is 0.640. The molecule has 0 bridgehead atoms. The Labute approximate surface area is 175 Å². The minimum atomic E-state index is 0.0938. The van der Waals surface area contributed by atoms with E-state index in [9.17, 15) is 5.11 Å². The fourth-order valence-electron chi connectivity index (χ4n) is 2.87. The van der Waals surface area contributed by atoms with Gasteiger partial charge in [-0.1, -0.05) is 23.7 Å². The van der Waals surface area contributed by atoms with Gasteiger partial charge in [-0.3, -0.25) is 4.99 Å². The summed E-state index contributed by atoms with van der Waals surface area (Å²) in [6.45, 7) is 4.00. The number of aliphatic imine (C=N–C) groups is 1. The van der Waals surface area contributed by atoms with Gasteiger partial charge in [0.2, 0.25) is 5.89 Å². The maximum Gasteiger partial charge on any atom is 0.227 e. The number of aryl methyl sites for hydroxylation is 2. The maximum atomic E-state index is 10.2.